The van der Waals surface area contributed by atoms with Crippen molar-refractivity contribution in [2.24, 2.45) is 11.3 Å². The van der Waals surface area contributed by atoms with Crippen LogP contribution >= 0.6 is 0 Å². The average Bonchev–Trinajstić information content (AvgIpc) is 3.03. The molecule has 0 N–H and O–H groups in total. The van der Waals surface area contributed by atoms with E-state index in [4.69, 9.17) is 0 Å². The molecule has 2 aliphatic rings. The third-order valence-corrected chi connectivity index (χ3v) is 4.28. The summed E-state index contributed by atoms with van der Waals surface area (Å²) in [5.74, 6) is 1.06. The standard InChI is InChI=1S/C13H22O/c1-2-13(9-10-13)12(14)11-7-5-3-4-6-8-11/h11H,2-10H2,1H3. The van der Waals surface area contributed by atoms with Crippen molar-refractivity contribution in [3.8, 4) is 0 Å². The number of Topliss-reactive ketones (excluding diaryl/α,β-unsaturated/α-hetero) is 1. The van der Waals surface area contributed by atoms with Crippen molar-refractivity contribution in [1.82, 2.24) is 0 Å². The largest absolute Gasteiger partial charge is 0.299 e. The quantitative estimate of drug-likeness (QED) is 0.626. The van der Waals surface area contributed by atoms with Crippen LogP contribution in [0.15, 0.2) is 0 Å². The lowest BCUT2D eigenvalue weighted by molar-refractivity contribution is -0.128. The van der Waals surface area contributed by atoms with Crippen molar-refractivity contribution in [3.05, 3.63) is 0 Å². The number of rotatable bonds is 3. The first-order chi connectivity index (χ1) is 6.78. The smallest absolute Gasteiger partial charge is 0.142 e. The number of carbonyl (C=O) groups is 1. The van der Waals surface area contributed by atoms with E-state index in [9.17, 15) is 4.79 Å². The Balaban J connectivity index is 1.96. The van der Waals surface area contributed by atoms with Gasteiger partial charge in [0.15, 0.2) is 0 Å². The number of carbonyl (C=O) groups excluding carboxylic acids is 1. The SMILES string of the molecule is CCC1(C(=O)C2CCCCCC2)CC1. The highest BCUT2D eigenvalue weighted by molar-refractivity contribution is 5.89. The molecule has 0 saturated heterocycles. The normalized spacial score (nSPS) is 26.9. The van der Waals surface area contributed by atoms with Crippen LogP contribution in [0.5, 0.6) is 0 Å². The maximum atomic E-state index is 12.3. The fourth-order valence-corrected chi connectivity index (χ4v) is 2.90. The van der Waals surface area contributed by atoms with Crippen LogP contribution < -0.4 is 0 Å². The summed E-state index contributed by atoms with van der Waals surface area (Å²) in [6.07, 6.45) is 11.1. The van der Waals surface area contributed by atoms with E-state index in [1.165, 1.54) is 51.4 Å². The van der Waals surface area contributed by atoms with Gasteiger partial charge in [-0.15, -0.1) is 0 Å². The third-order valence-electron chi connectivity index (χ3n) is 4.28. The molecular formula is C13H22O. The van der Waals surface area contributed by atoms with Crippen LogP contribution in [0, 0.1) is 11.3 Å². The molecule has 2 fully saturated rings. The predicted octanol–water partition coefficient (Wildman–Crippen LogP) is 3.72. The fraction of sp³-hybridized carbons (Fsp3) is 0.923. The maximum Gasteiger partial charge on any atom is 0.142 e. The minimum Gasteiger partial charge on any atom is -0.299 e. The van der Waals surface area contributed by atoms with Gasteiger partial charge in [-0.25, -0.2) is 0 Å². The Kier molecular flexibility index (Phi) is 2.94. The molecule has 1 nitrogen and oxygen atoms in total. The molecule has 2 aliphatic carbocycles. The molecule has 80 valence electrons. The zero-order valence-corrected chi connectivity index (χ0v) is 9.35. The van der Waals surface area contributed by atoms with E-state index < -0.39 is 0 Å². The van der Waals surface area contributed by atoms with E-state index in [2.05, 4.69) is 6.92 Å². The van der Waals surface area contributed by atoms with E-state index in [1.807, 2.05) is 0 Å². The molecule has 0 unspecified atom stereocenters. The van der Waals surface area contributed by atoms with Gasteiger partial charge in [-0.05, 0) is 32.1 Å². The Hall–Kier alpha value is -0.330. The van der Waals surface area contributed by atoms with Crippen molar-refractivity contribution in [2.45, 2.75) is 64.7 Å². The van der Waals surface area contributed by atoms with E-state index in [0.717, 1.165) is 6.42 Å². The van der Waals surface area contributed by atoms with Gasteiger partial charge in [-0.1, -0.05) is 32.6 Å². The highest BCUT2D eigenvalue weighted by atomic mass is 16.1. The summed E-state index contributed by atoms with van der Waals surface area (Å²) in [5, 5.41) is 0. The summed E-state index contributed by atoms with van der Waals surface area (Å²) in [7, 11) is 0. The van der Waals surface area contributed by atoms with Gasteiger partial charge in [0.2, 0.25) is 0 Å². The molecule has 0 heterocycles. The molecule has 0 aromatic heterocycles. The summed E-state index contributed by atoms with van der Waals surface area (Å²) in [6, 6.07) is 0. The van der Waals surface area contributed by atoms with Gasteiger partial charge in [0.05, 0.1) is 0 Å². The molecular weight excluding hydrogens is 172 g/mol. The molecule has 0 aromatic rings. The number of hydrogen-bond acceptors (Lipinski definition) is 1. The van der Waals surface area contributed by atoms with Crippen molar-refractivity contribution in [2.75, 3.05) is 0 Å². The highest BCUT2D eigenvalue weighted by Gasteiger charge is 2.49. The van der Waals surface area contributed by atoms with Gasteiger partial charge >= 0.3 is 0 Å². The second kappa shape index (κ2) is 4.04. The lowest BCUT2D eigenvalue weighted by Gasteiger charge is -2.19. The molecule has 1 heteroatoms. The molecule has 2 rings (SSSR count). The molecule has 0 atom stereocenters. The second-order valence-corrected chi connectivity index (χ2v) is 5.19. The lowest BCUT2D eigenvalue weighted by atomic mass is 9.84. The molecule has 0 amide bonds. The molecule has 0 aliphatic heterocycles. The molecule has 0 bridgehead atoms. The topological polar surface area (TPSA) is 17.1 Å². The van der Waals surface area contributed by atoms with Crippen LogP contribution in [-0.4, -0.2) is 5.78 Å². The van der Waals surface area contributed by atoms with Crippen molar-refractivity contribution < 1.29 is 4.79 Å². The monoisotopic (exact) mass is 194 g/mol. The van der Waals surface area contributed by atoms with Crippen LogP contribution in [0.2, 0.25) is 0 Å². The first-order valence-electron chi connectivity index (χ1n) is 6.33. The minimum atomic E-state index is 0.162. The third kappa shape index (κ3) is 1.87. The van der Waals surface area contributed by atoms with Crippen LogP contribution in [-0.2, 0) is 4.79 Å². The van der Waals surface area contributed by atoms with Crippen molar-refractivity contribution in [1.29, 1.82) is 0 Å². The zero-order chi connectivity index (χ0) is 10.0. The van der Waals surface area contributed by atoms with E-state index in [1.54, 1.807) is 0 Å². The zero-order valence-electron chi connectivity index (χ0n) is 9.35. The van der Waals surface area contributed by atoms with Gasteiger partial charge < -0.3 is 0 Å². The van der Waals surface area contributed by atoms with E-state index >= 15 is 0 Å². The lowest BCUT2D eigenvalue weighted by Crippen LogP contribution is -2.24. The van der Waals surface area contributed by atoms with Gasteiger partial charge in [-0.2, -0.15) is 0 Å². The Labute approximate surface area is 87.3 Å². The van der Waals surface area contributed by atoms with Gasteiger partial charge in [0.1, 0.15) is 5.78 Å². The summed E-state index contributed by atoms with van der Waals surface area (Å²) in [5.41, 5.74) is 0.162. The van der Waals surface area contributed by atoms with E-state index in [0.29, 0.717) is 11.7 Å². The van der Waals surface area contributed by atoms with Gasteiger partial charge in [0.25, 0.3) is 0 Å². The van der Waals surface area contributed by atoms with Gasteiger partial charge in [-0.3, -0.25) is 4.79 Å². The summed E-state index contributed by atoms with van der Waals surface area (Å²) < 4.78 is 0. The Morgan fingerprint density at radius 1 is 1.14 bits per heavy atom. The average molecular weight is 194 g/mol. The fourth-order valence-electron chi connectivity index (χ4n) is 2.90. The molecule has 14 heavy (non-hydrogen) atoms. The maximum absolute atomic E-state index is 12.3. The van der Waals surface area contributed by atoms with Gasteiger partial charge in [0, 0.05) is 11.3 Å². The molecule has 2 saturated carbocycles. The first-order valence-corrected chi connectivity index (χ1v) is 6.33. The molecule has 0 radical (unpaired) electrons. The minimum absolute atomic E-state index is 0.162. The summed E-state index contributed by atoms with van der Waals surface area (Å²) in [6.45, 7) is 2.18. The Morgan fingerprint density at radius 2 is 1.71 bits per heavy atom. The molecule has 0 spiro atoms. The Morgan fingerprint density at radius 3 is 2.14 bits per heavy atom. The van der Waals surface area contributed by atoms with Crippen LogP contribution in [0.1, 0.15) is 64.7 Å². The van der Waals surface area contributed by atoms with Crippen LogP contribution in [0.4, 0.5) is 0 Å². The second-order valence-electron chi connectivity index (χ2n) is 5.19. The predicted molar refractivity (Wildman–Crippen MR) is 58.2 cm³/mol. The van der Waals surface area contributed by atoms with Crippen LogP contribution in [0.3, 0.4) is 0 Å². The molecule has 0 aromatic carbocycles. The first kappa shape index (κ1) is 10.2. The number of ketones is 1. The van der Waals surface area contributed by atoms with E-state index in [-0.39, 0.29) is 5.41 Å². The number of hydrogen-bond donors (Lipinski definition) is 0. The highest BCUT2D eigenvalue weighted by Crippen LogP contribution is 2.52. The van der Waals surface area contributed by atoms with Crippen molar-refractivity contribution in [3.63, 3.8) is 0 Å². The summed E-state index contributed by atoms with van der Waals surface area (Å²) in [4.78, 5) is 12.3. The van der Waals surface area contributed by atoms with Crippen LogP contribution in [0.25, 0.3) is 0 Å². The van der Waals surface area contributed by atoms with Crippen molar-refractivity contribution >= 4 is 5.78 Å². The summed E-state index contributed by atoms with van der Waals surface area (Å²) >= 11 is 0. The Bertz CT molecular complexity index is 207.